The van der Waals surface area contributed by atoms with Gasteiger partial charge in [0.05, 0.1) is 30.5 Å². The Labute approximate surface area is 134 Å². The van der Waals surface area contributed by atoms with Crippen LogP contribution in [-0.2, 0) is 9.47 Å². The monoisotopic (exact) mass is 311 g/mol. The molecule has 23 heavy (non-hydrogen) atoms. The second-order valence-electron chi connectivity index (χ2n) is 4.64. The molecule has 0 aliphatic rings. The third kappa shape index (κ3) is 4.51. The van der Waals surface area contributed by atoms with Gasteiger partial charge in [-0.3, -0.25) is 4.99 Å². The molecule has 0 bridgehead atoms. The number of nitrogens with zero attached hydrogens (tertiary/aromatic N) is 1. The lowest BCUT2D eigenvalue weighted by Crippen LogP contribution is -2.03. The topological polar surface area (TPSA) is 65.0 Å². The molecule has 5 heteroatoms. The van der Waals surface area contributed by atoms with Crippen molar-refractivity contribution < 1.29 is 19.1 Å². The average Bonchev–Trinajstić information content (AvgIpc) is 2.60. The predicted octanol–water partition coefficient (Wildman–Crippen LogP) is 3.40. The van der Waals surface area contributed by atoms with Crippen molar-refractivity contribution in [2.45, 2.75) is 6.92 Å². The number of carbonyl (C=O) groups excluding carboxylic acids is 2. The molecule has 0 aliphatic heterocycles. The van der Waals surface area contributed by atoms with Gasteiger partial charge in [-0.05, 0) is 48.9 Å². The zero-order valence-corrected chi connectivity index (χ0v) is 13.0. The Morgan fingerprint density at radius 1 is 1.04 bits per heavy atom. The van der Waals surface area contributed by atoms with Gasteiger partial charge in [0, 0.05) is 6.21 Å². The van der Waals surface area contributed by atoms with Crippen LogP contribution >= 0.6 is 0 Å². The molecular weight excluding hydrogens is 294 g/mol. The summed E-state index contributed by atoms with van der Waals surface area (Å²) in [6.07, 6.45) is 1.64. The first-order valence-corrected chi connectivity index (χ1v) is 7.13. The number of carbonyl (C=O) groups is 2. The lowest BCUT2D eigenvalue weighted by molar-refractivity contribution is 0.0525. The van der Waals surface area contributed by atoms with Crippen molar-refractivity contribution >= 4 is 23.8 Å². The highest BCUT2D eigenvalue weighted by Crippen LogP contribution is 2.14. The summed E-state index contributed by atoms with van der Waals surface area (Å²) in [7, 11) is 1.34. The van der Waals surface area contributed by atoms with Gasteiger partial charge in [0.1, 0.15) is 0 Å². The number of esters is 2. The summed E-state index contributed by atoms with van der Waals surface area (Å²) >= 11 is 0. The van der Waals surface area contributed by atoms with E-state index in [0.29, 0.717) is 23.4 Å². The summed E-state index contributed by atoms with van der Waals surface area (Å²) in [5, 5.41) is 0. The van der Waals surface area contributed by atoms with Crippen LogP contribution in [0.4, 0.5) is 5.69 Å². The molecule has 0 fully saturated rings. The second-order valence-corrected chi connectivity index (χ2v) is 4.64. The zero-order chi connectivity index (χ0) is 16.7. The van der Waals surface area contributed by atoms with Gasteiger partial charge in [0.15, 0.2) is 0 Å². The maximum Gasteiger partial charge on any atom is 0.338 e. The van der Waals surface area contributed by atoms with E-state index in [1.165, 1.54) is 7.11 Å². The largest absolute Gasteiger partial charge is 0.465 e. The molecule has 2 aromatic rings. The van der Waals surface area contributed by atoms with Gasteiger partial charge in [-0.25, -0.2) is 9.59 Å². The van der Waals surface area contributed by atoms with Crippen molar-refractivity contribution in [3.63, 3.8) is 0 Å². The average molecular weight is 311 g/mol. The highest BCUT2D eigenvalue weighted by atomic mass is 16.5. The number of rotatable bonds is 5. The van der Waals surface area contributed by atoms with E-state index in [1.807, 2.05) is 6.07 Å². The van der Waals surface area contributed by atoms with Crippen LogP contribution < -0.4 is 0 Å². The van der Waals surface area contributed by atoms with Crippen LogP contribution in [0.25, 0.3) is 0 Å². The van der Waals surface area contributed by atoms with Gasteiger partial charge in [-0.15, -0.1) is 0 Å². The van der Waals surface area contributed by atoms with E-state index in [1.54, 1.807) is 55.6 Å². The van der Waals surface area contributed by atoms with Gasteiger partial charge in [-0.1, -0.05) is 12.1 Å². The highest BCUT2D eigenvalue weighted by Gasteiger charge is 2.06. The SMILES string of the molecule is CCOC(=O)c1ccc(/N=C/c2cccc(C(=O)OC)c2)cc1. The fraction of sp³-hybridized carbons (Fsp3) is 0.167. The Bertz CT molecular complexity index is 720. The molecular formula is C18H17NO4. The molecule has 0 radical (unpaired) electrons. The molecule has 0 heterocycles. The minimum absolute atomic E-state index is 0.343. The summed E-state index contributed by atoms with van der Waals surface area (Å²) in [5.74, 6) is -0.743. The number of benzene rings is 2. The van der Waals surface area contributed by atoms with Gasteiger partial charge in [0.2, 0.25) is 0 Å². The number of ether oxygens (including phenoxy) is 2. The van der Waals surface area contributed by atoms with Crippen molar-refractivity contribution in [2.75, 3.05) is 13.7 Å². The number of hydrogen-bond acceptors (Lipinski definition) is 5. The Hall–Kier alpha value is -2.95. The van der Waals surface area contributed by atoms with Crippen LogP contribution in [-0.4, -0.2) is 31.9 Å². The first-order valence-electron chi connectivity index (χ1n) is 7.13. The van der Waals surface area contributed by atoms with E-state index in [-0.39, 0.29) is 11.9 Å². The standard InChI is InChI=1S/C18H17NO4/c1-3-23-18(21)14-7-9-16(10-8-14)19-12-13-5-4-6-15(11-13)17(20)22-2/h4-12H,3H2,1-2H3/b19-12+. The van der Waals surface area contributed by atoms with Crippen molar-refractivity contribution in [1.29, 1.82) is 0 Å². The van der Waals surface area contributed by atoms with Gasteiger partial charge in [-0.2, -0.15) is 0 Å². The lowest BCUT2D eigenvalue weighted by atomic mass is 10.1. The van der Waals surface area contributed by atoms with Gasteiger partial charge >= 0.3 is 11.9 Å². The molecule has 0 unspecified atom stereocenters. The van der Waals surface area contributed by atoms with E-state index in [0.717, 1.165) is 5.56 Å². The van der Waals surface area contributed by atoms with Gasteiger partial charge < -0.3 is 9.47 Å². The van der Waals surface area contributed by atoms with E-state index >= 15 is 0 Å². The van der Waals surface area contributed by atoms with Crippen LogP contribution in [0.2, 0.25) is 0 Å². The van der Waals surface area contributed by atoms with Crippen molar-refractivity contribution in [2.24, 2.45) is 4.99 Å². The molecule has 0 aromatic heterocycles. The van der Waals surface area contributed by atoms with E-state index < -0.39 is 0 Å². The van der Waals surface area contributed by atoms with Crippen molar-refractivity contribution in [3.05, 3.63) is 65.2 Å². The fourth-order valence-corrected chi connectivity index (χ4v) is 1.91. The van der Waals surface area contributed by atoms with Crippen LogP contribution in [0, 0.1) is 0 Å². The fourth-order valence-electron chi connectivity index (χ4n) is 1.91. The van der Waals surface area contributed by atoms with Crippen LogP contribution in [0.1, 0.15) is 33.2 Å². The molecule has 5 nitrogen and oxygen atoms in total. The van der Waals surface area contributed by atoms with Crippen LogP contribution in [0.15, 0.2) is 53.5 Å². The minimum Gasteiger partial charge on any atom is -0.465 e. The molecule has 0 saturated carbocycles. The Balaban J connectivity index is 2.11. The Morgan fingerprint density at radius 3 is 2.43 bits per heavy atom. The second kappa shape index (κ2) is 7.89. The normalized spacial score (nSPS) is 10.5. The number of hydrogen-bond donors (Lipinski definition) is 0. The molecule has 2 rings (SSSR count). The summed E-state index contributed by atoms with van der Waals surface area (Å²) in [6, 6.07) is 13.8. The first-order chi connectivity index (χ1) is 11.1. The van der Waals surface area contributed by atoms with Crippen LogP contribution in [0.3, 0.4) is 0 Å². The third-order valence-corrected chi connectivity index (χ3v) is 3.05. The number of methoxy groups -OCH3 is 1. The quantitative estimate of drug-likeness (QED) is 0.627. The smallest absolute Gasteiger partial charge is 0.338 e. The molecule has 2 aromatic carbocycles. The Morgan fingerprint density at radius 2 is 1.78 bits per heavy atom. The summed E-state index contributed by atoms with van der Waals surface area (Å²) in [5.41, 5.74) is 2.43. The molecule has 0 spiro atoms. The Kier molecular flexibility index (Phi) is 5.63. The summed E-state index contributed by atoms with van der Waals surface area (Å²) < 4.78 is 9.60. The van der Waals surface area contributed by atoms with E-state index in [2.05, 4.69) is 9.73 Å². The minimum atomic E-state index is -0.390. The molecule has 0 aliphatic carbocycles. The predicted molar refractivity (Wildman–Crippen MR) is 87.4 cm³/mol. The van der Waals surface area contributed by atoms with E-state index in [9.17, 15) is 9.59 Å². The highest BCUT2D eigenvalue weighted by molar-refractivity contribution is 5.93. The van der Waals surface area contributed by atoms with E-state index in [4.69, 9.17) is 4.74 Å². The first kappa shape index (κ1) is 16.4. The van der Waals surface area contributed by atoms with Crippen molar-refractivity contribution in [3.8, 4) is 0 Å². The molecule has 0 N–H and O–H groups in total. The third-order valence-electron chi connectivity index (χ3n) is 3.05. The molecule has 0 amide bonds. The lowest BCUT2D eigenvalue weighted by Gasteiger charge is -2.02. The summed E-state index contributed by atoms with van der Waals surface area (Å²) in [6.45, 7) is 2.11. The maximum absolute atomic E-state index is 11.6. The van der Waals surface area contributed by atoms with Crippen LogP contribution in [0.5, 0.6) is 0 Å². The van der Waals surface area contributed by atoms with Gasteiger partial charge in [0.25, 0.3) is 0 Å². The van der Waals surface area contributed by atoms with Crippen molar-refractivity contribution in [1.82, 2.24) is 0 Å². The number of aliphatic imine (C=N–C) groups is 1. The summed E-state index contributed by atoms with van der Waals surface area (Å²) in [4.78, 5) is 27.4. The molecule has 118 valence electrons. The maximum atomic E-state index is 11.6. The molecule has 0 saturated heterocycles. The molecule has 0 atom stereocenters. The zero-order valence-electron chi connectivity index (χ0n) is 13.0.